The molecular weight excluding hydrogens is 258 g/mol. The molecule has 2 rings (SSSR count). The molecule has 7 nitrogen and oxygen atoms in total. The van der Waals surface area contributed by atoms with Crippen LogP contribution in [0.15, 0.2) is 41.7 Å². The predicted molar refractivity (Wildman–Crippen MR) is 62.6 cm³/mol. The van der Waals surface area contributed by atoms with Gasteiger partial charge in [0.25, 0.3) is 15.7 Å². The first kappa shape index (κ1) is 12.2. The minimum Gasteiger partial charge on any atom is -0.258 e. The summed E-state index contributed by atoms with van der Waals surface area (Å²) >= 11 is 0. The topological polar surface area (TPSA) is 95.1 Å². The van der Waals surface area contributed by atoms with E-state index in [-0.39, 0.29) is 10.6 Å². The van der Waals surface area contributed by atoms with Gasteiger partial charge in [0.2, 0.25) is 0 Å². The number of nitro benzene ring substituents is 1. The van der Waals surface area contributed by atoms with E-state index in [1.165, 1.54) is 24.7 Å². The Hall–Kier alpha value is -2.22. The van der Waals surface area contributed by atoms with Crippen LogP contribution in [0.3, 0.4) is 0 Å². The molecule has 0 saturated carbocycles. The maximum absolute atomic E-state index is 12.1. The van der Waals surface area contributed by atoms with Crippen molar-refractivity contribution in [3.8, 4) is 0 Å². The minimum atomic E-state index is -3.73. The highest BCUT2D eigenvalue weighted by Crippen LogP contribution is 2.18. The van der Waals surface area contributed by atoms with Crippen molar-refractivity contribution in [2.24, 2.45) is 0 Å². The molecule has 8 heteroatoms. The predicted octanol–water partition coefficient (Wildman–Crippen LogP) is 1.34. The third-order valence-corrected chi connectivity index (χ3v) is 3.93. The number of imidazole rings is 1. The molecule has 0 fully saturated rings. The monoisotopic (exact) mass is 267 g/mol. The Morgan fingerprint density at radius 2 is 1.89 bits per heavy atom. The lowest BCUT2D eigenvalue weighted by atomic mass is 10.3. The zero-order chi connectivity index (χ0) is 13.3. The minimum absolute atomic E-state index is 0.0227. The molecule has 1 aromatic carbocycles. The van der Waals surface area contributed by atoms with Crippen LogP contribution < -0.4 is 0 Å². The number of nitro groups is 1. The van der Waals surface area contributed by atoms with Crippen LogP contribution in [0, 0.1) is 17.0 Å². The van der Waals surface area contributed by atoms with Crippen LogP contribution in [-0.4, -0.2) is 22.3 Å². The number of rotatable bonds is 3. The van der Waals surface area contributed by atoms with Crippen molar-refractivity contribution in [2.45, 2.75) is 11.8 Å². The average molecular weight is 267 g/mol. The van der Waals surface area contributed by atoms with Crippen LogP contribution in [0.5, 0.6) is 0 Å². The van der Waals surface area contributed by atoms with Crippen LogP contribution >= 0.6 is 0 Å². The largest absolute Gasteiger partial charge is 0.269 e. The van der Waals surface area contributed by atoms with Gasteiger partial charge in [-0.25, -0.2) is 17.4 Å². The second-order valence-corrected chi connectivity index (χ2v) is 5.44. The van der Waals surface area contributed by atoms with Crippen molar-refractivity contribution < 1.29 is 13.3 Å². The summed E-state index contributed by atoms with van der Waals surface area (Å²) in [4.78, 5) is 13.7. The first-order chi connectivity index (χ1) is 8.41. The summed E-state index contributed by atoms with van der Waals surface area (Å²) in [6, 6.07) is 4.69. The first-order valence-electron chi connectivity index (χ1n) is 4.92. The number of hydrogen-bond acceptors (Lipinski definition) is 5. The standard InChI is InChI=1S/C10H9N3O4S/c1-8-6-12(7-11-8)18(16,17)10-4-2-9(3-5-10)13(14)15/h2-7H,1H3. The number of aryl methyl sites for hydroxylation is 1. The molecule has 18 heavy (non-hydrogen) atoms. The Bertz CT molecular complexity index is 688. The normalized spacial score (nSPS) is 11.4. The SMILES string of the molecule is Cc1cn(S(=O)(=O)c2ccc([N+](=O)[O-])cc2)cn1. The van der Waals surface area contributed by atoms with Crippen molar-refractivity contribution in [3.05, 3.63) is 52.6 Å². The second-order valence-electron chi connectivity index (χ2n) is 3.60. The van der Waals surface area contributed by atoms with Gasteiger partial charge in [-0.3, -0.25) is 10.1 Å². The molecule has 0 radical (unpaired) electrons. The first-order valence-corrected chi connectivity index (χ1v) is 6.36. The summed E-state index contributed by atoms with van der Waals surface area (Å²) in [6.07, 6.45) is 2.56. The van der Waals surface area contributed by atoms with Crippen LogP contribution in [0.4, 0.5) is 5.69 Å². The number of nitrogens with zero attached hydrogens (tertiary/aromatic N) is 3. The molecule has 0 aliphatic heterocycles. The number of non-ortho nitro benzene ring substituents is 1. The molecule has 0 aliphatic rings. The lowest BCUT2D eigenvalue weighted by Gasteiger charge is -2.04. The molecule has 0 aliphatic carbocycles. The molecule has 0 spiro atoms. The van der Waals surface area contributed by atoms with Gasteiger partial charge < -0.3 is 0 Å². The zero-order valence-corrected chi connectivity index (χ0v) is 10.2. The second kappa shape index (κ2) is 4.22. The lowest BCUT2D eigenvalue weighted by molar-refractivity contribution is -0.384. The summed E-state index contributed by atoms with van der Waals surface area (Å²) in [6.45, 7) is 1.67. The molecule has 2 aromatic rings. The van der Waals surface area contributed by atoms with E-state index in [9.17, 15) is 18.5 Å². The summed E-state index contributed by atoms with van der Waals surface area (Å²) in [5.74, 6) is 0. The number of benzene rings is 1. The Kier molecular flexibility index (Phi) is 2.87. The molecule has 1 aromatic heterocycles. The third-order valence-electron chi connectivity index (χ3n) is 2.31. The van der Waals surface area contributed by atoms with Gasteiger partial charge in [-0.15, -0.1) is 0 Å². The molecule has 1 heterocycles. The van der Waals surface area contributed by atoms with E-state index >= 15 is 0 Å². The molecule has 0 atom stereocenters. The van der Waals surface area contributed by atoms with Gasteiger partial charge in [-0.2, -0.15) is 0 Å². The van der Waals surface area contributed by atoms with Crippen molar-refractivity contribution in [1.29, 1.82) is 0 Å². The highest BCUT2D eigenvalue weighted by molar-refractivity contribution is 7.90. The Morgan fingerprint density at radius 3 is 2.33 bits per heavy atom. The van der Waals surface area contributed by atoms with Crippen molar-refractivity contribution in [1.82, 2.24) is 8.96 Å². The Labute approximate surface area is 103 Å². The lowest BCUT2D eigenvalue weighted by Crippen LogP contribution is -2.10. The summed E-state index contributed by atoms with van der Waals surface area (Å²) < 4.78 is 25.1. The Morgan fingerprint density at radius 1 is 1.28 bits per heavy atom. The zero-order valence-electron chi connectivity index (χ0n) is 9.35. The summed E-state index contributed by atoms with van der Waals surface area (Å²) in [7, 11) is -3.73. The summed E-state index contributed by atoms with van der Waals surface area (Å²) in [5.41, 5.74) is 0.413. The van der Waals surface area contributed by atoms with E-state index in [0.717, 1.165) is 16.1 Å². The van der Waals surface area contributed by atoms with Gasteiger partial charge in [-0.05, 0) is 19.1 Å². The van der Waals surface area contributed by atoms with Gasteiger partial charge in [0.15, 0.2) is 0 Å². The molecule has 0 N–H and O–H groups in total. The van der Waals surface area contributed by atoms with Gasteiger partial charge in [0.05, 0.1) is 15.5 Å². The van der Waals surface area contributed by atoms with Gasteiger partial charge in [0, 0.05) is 18.3 Å². The van der Waals surface area contributed by atoms with Crippen molar-refractivity contribution in [2.75, 3.05) is 0 Å². The van der Waals surface area contributed by atoms with Gasteiger partial charge >= 0.3 is 0 Å². The smallest absolute Gasteiger partial charge is 0.258 e. The fourth-order valence-corrected chi connectivity index (χ4v) is 2.58. The maximum atomic E-state index is 12.1. The van der Waals surface area contributed by atoms with E-state index in [2.05, 4.69) is 4.98 Å². The number of aromatic nitrogens is 2. The molecule has 0 unspecified atom stereocenters. The average Bonchev–Trinajstić information content (AvgIpc) is 2.76. The fraction of sp³-hybridized carbons (Fsp3) is 0.100. The molecule has 94 valence electrons. The number of hydrogen-bond donors (Lipinski definition) is 0. The third kappa shape index (κ3) is 2.09. The van der Waals surface area contributed by atoms with Crippen molar-refractivity contribution >= 4 is 15.7 Å². The van der Waals surface area contributed by atoms with Gasteiger partial charge in [-0.1, -0.05) is 0 Å². The molecule has 0 amide bonds. The Balaban J connectivity index is 2.45. The van der Waals surface area contributed by atoms with Crippen LogP contribution in [0.25, 0.3) is 0 Å². The van der Waals surface area contributed by atoms with Crippen LogP contribution in [-0.2, 0) is 10.0 Å². The highest BCUT2D eigenvalue weighted by Gasteiger charge is 2.18. The van der Waals surface area contributed by atoms with Crippen LogP contribution in [0.2, 0.25) is 0 Å². The van der Waals surface area contributed by atoms with E-state index < -0.39 is 14.9 Å². The molecule has 0 bridgehead atoms. The quantitative estimate of drug-likeness (QED) is 0.617. The van der Waals surface area contributed by atoms with E-state index in [1.54, 1.807) is 6.92 Å². The van der Waals surface area contributed by atoms with E-state index in [1.807, 2.05) is 0 Å². The maximum Gasteiger partial charge on any atom is 0.269 e. The van der Waals surface area contributed by atoms with Gasteiger partial charge in [0.1, 0.15) is 6.33 Å². The van der Waals surface area contributed by atoms with Crippen molar-refractivity contribution in [3.63, 3.8) is 0 Å². The molecule has 0 saturated heterocycles. The molecular formula is C10H9N3O4S. The van der Waals surface area contributed by atoms with E-state index in [0.29, 0.717) is 5.69 Å². The van der Waals surface area contributed by atoms with E-state index in [4.69, 9.17) is 0 Å². The highest BCUT2D eigenvalue weighted by atomic mass is 32.2. The summed E-state index contributed by atoms with van der Waals surface area (Å²) in [5, 5.41) is 10.5. The fourth-order valence-electron chi connectivity index (χ4n) is 1.39. The van der Waals surface area contributed by atoms with Crippen LogP contribution in [0.1, 0.15) is 5.69 Å².